The lowest BCUT2D eigenvalue weighted by Crippen LogP contribution is -2.48. The number of carbonyl (C=O) groups excluding carboxylic acids is 3. The topological polar surface area (TPSA) is 151 Å². The van der Waals surface area contributed by atoms with Crippen LogP contribution in [0.1, 0.15) is 46.5 Å². The molecule has 0 aromatic heterocycles. The lowest BCUT2D eigenvalue weighted by atomic mass is 10.0. The van der Waals surface area contributed by atoms with Gasteiger partial charge in [0.05, 0.1) is 18.0 Å². The Morgan fingerprint density at radius 3 is 2.14 bits per heavy atom. The summed E-state index contributed by atoms with van der Waals surface area (Å²) in [5.41, 5.74) is 6.60. The number of sulfonamides is 1. The van der Waals surface area contributed by atoms with Crippen LogP contribution in [0.4, 0.5) is 14.5 Å². The van der Waals surface area contributed by atoms with Crippen molar-refractivity contribution in [3.8, 4) is 0 Å². The fourth-order valence-electron chi connectivity index (χ4n) is 4.41. The van der Waals surface area contributed by atoms with Gasteiger partial charge in [-0.3, -0.25) is 18.7 Å². The van der Waals surface area contributed by atoms with Crippen molar-refractivity contribution >= 4 is 33.4 Å². The number of amides is 3. The van der Waals surface area contributed by atoms with Crippen molar-refractivity contribution in [2.24, 2.45) is 5.73 Å². The van der Waals surface area contributed by atoms with Gasteiger partial charge >= 0.3 is 0 Å². The molecule has 0 saturated carbocycles. The lowest BCUT2D eigenvalue weighted by molar-refractivity contribution is -0.119. The number of allylic oxidation sites excluding steroid dienone is 5. The van der Waals surface area contributed by atoms with Gasteiger partial charge < -0.3 is 21.7 Å². The summed E-state index contributed by atoms with van der Waals surface area (Å²) in [5.74, 6) is -3.45. The standard InChI is InChI=1S/C31H37F2N5O5S/c1-19(22-9-7-5-6-8-10-22)36-30(40)23-14-24(16-28(15-23)38(3)44(4,42)43)31(41)37-27(18-35-20(2)29(34)39)13-21-11-25(32)17-26(33)12-21/h5-9,11-12,14-17,19-20,27,35H,10,13,18H2,1-4H3,(H2,34,39)(H,36,40)(H,37,41)/t19-,20?,27+/m1/s1. The van der Waals surface area contributed by atoms with Gasteiger partial charge in [-0.15, -0.1) is 0 Å². The summed E-state index contributed by atoms with van der Waals surface area (Å²) in [6.45, 7) is 3.34. The summed E-state index contributed by atoms with van der Waals surface area (Å²) >= 11 is 0. The van der Waals surface area contributed by atoms with Crippen LogP contribution in [0.15, 0.2) is 72.4 Å². The third kappa shape index (κ3) is 9.85. The molecule has 3 amide bonds. The smallest absolute Gasteiger partial charge is 0.251 e. The maximum Gasteiger partial charge on any atom is 0.251 e. The van der Waals surface area contributed by atoms with Crippen LogP contribution in [0.5, 0.6) is 0 Å². The molecule has 1 unspecified atom stereocenters. The lowest BCUT2D eigenvalue weighted by Gasteiger charge is -2.23. The molecule has 0 radical (unpaired) electrons. The van der Waals surface area contributed by atoms with Crippen LogP contribution in [0.2, 0.25) is 0 Å². The number of halogens is 2. The summed E-state index contributed by atoms with van der Waals surface area (Å²) in [4.78, 5) is 38.5. The minimum Gasteiger partial charge on any atom is -0.368 e. The van der Waals surface area contributed by atoms with E-state index in [4.69, 9.17) is 5.73 Å². The SMILES string of the molecule is CC(NC[C@H](Cc1cc(F)cc(F)c1)NC(=O)c1cc(C(=O)N[C@H](C)C2=CC=CC=CC2)cc(N(C)S(C)(=O)=O)c1)C(N)=O. The van der Waals surface area contributed by atoms with Gasteiger partial charge in [0, 0.05) is 42.9 Å². The van der Waals surface area contributed by atoms with Gasteiger partial charge in [-0.2, -0.15) is 0 Å². The van der Waals surface area contributed by atoms with E-state index in [9.17, 15) is 31.6 Å². The zero-order valence-electron chi connectivity index (χ0n) is 24.9. The Balaban J connectivity index is 1.94. The number of nitrogens with zero attached hydrogens (tertiary/aromatic N) is 1. The van der Waals surface area contributed by atoms with Crippen LogP contribution in [0.3, 0.4) is 0 Å². The molecule has 13 heteroatoms. The molecular weight excluding hydrogens is 592 g/mol. The van der Waals surface area contributed by atoms with E-state index in [1.54, 1.807) is 0 Å². The number of hydrogen-bond donors (Lipinski definition) is 4. The summed E-state index contributed by atoms with van der Waals surface area (Å²) in [6, 6.07) is 5.07. The number of hydrogen-bond acceptors (Lipinski definition) is 6. The van der Waals surface area contributed by atoms with Crippen LogP contribution in [0.25, 0.3) is 0 Å². The first-order valence-electron chi connectivity index (χ1n) is 13.8. The molecular formula is C31H37F2N5O5S. The van der Waals surface area contributed by atoms with Crippen LogP contribution in [-0.2, 0) is 21.2 Å². The largest absolute Gasteiger partial charge is 0.368 e. The molecule has 2 aromatic carbocycles. The minimum absolute atomic E-state index is 0.000224. The fourth-order valence-corrected chi connectivity index (χ4v) is 4.90. The van der Waals surface area contributed by atoms with Crippen LogP contribution < -0.4 is 26.0 Å². The average Bonchev–Trinajstić information content (AvgIpc) is 3.23. The van der Waals surface area contributed by atoms with E-state index < -0.39 is 51.5 Å². The second-order valence-corrected chi connectivity index (χ2v) is 12.7. The number of primary amides is 1. The Morgan fingerprint density at radius 1 is 0.932 bits per heavy atom. The van der Waals surface area contributed by atoms with Crippen molar-refractivity contribution < 1.29 is 31.6 Å². The highest BCUT2D eigenvalue weighted by molar-refractivity contribution is 7.92. The molecule has 3 atom stereocenters. The molecule has 1 aliphatic carbocycles. The van der Waals surface area contributed by atoms with E-state index in [0.717, 1.165) is 34.3 Å². The normalized spacial score (nSPS) is 15.0. The van der Waals surface area contributed by atoms with Crippen molar-refractivity contribution in [2.45, 2.75) is 44.8 Å². The Bertz CT molecular complexity index is 1590. The highest BCUT2D eigenvalue weighted by Gasteiger charge is 2.23. The third-order valence-corrected chi connectivity index (χ3v) is 8.27. The predicted molar refractivity (Wildman–Crippen MR) is 166 cm³/mol. The summed E-state index contributed by atoms with van der Waals surface area (Å²) in [7, 11) is -2.47. The number of anilines is 1. The second kappa shape index (κ2) is 14.9. The van der Waals surface area contributed by atoms with Gasteiger partial charge in [0.2, 0.25) is 15.9 Å². The molecule has 0 fully saturated rings. The van der Waals surface area contributed by atoms with Crippen LogP contribution in [-0.4, -0.2) is 64.1 Å². The molecule has 5 N–H and O–H groups in total. The van der Waals surface area contributed by atoms with E-state index in [2.05, 4.69) is 16.0 Å². The molecule has 0 bridgehead atoms. The predicted octanol–water partition coefficient (Wildman–Crippen LogP) is 2.73. The van der Waals surface area contributed by atoms with Crippen LogP contribution >= 0.6 is 0 Å². The maximum absolute atomic E-state index is 13.9. The molecule has 1 aliphatic rings. The molecule has 0 aliphatic heterocycles. The minimum atomic E-state index is -3.76. The first-order chi connectivity index (χ1) is 20.6. The highest BCUT2D eigenvalue weighted by Crippen LogP contribution is 2.22. The van der Waals surface area contributed by atoms with Crippen molar-refractivity contribution in [1.29, 1.82) is 0 Å². The molecule has 0 heterocycles. The fraction of sp³-hybridized carbons (Fsp3) is 0.323. The molecule has 0 spiro atoms. The Labute approximate surface area is 256 Å². The molecule has 2 aromatic rings. The quantitative estimate of drug-likeness (QED) is 0.268. The van der Waals surface area contributed by atoms with E-state index in [1.165, 1.54) is 32.2 Å². The first-order valence-corrected chi connectivity index (χ1v) is 15.7. The van der Waals surface area contributed by atoms with Gasteiger partial charge in [0.1, 0.15) is 11.6 Å². The second-order valence-electron chi connectivity index (χ2n) is 10.6. The number of nitrogens with one attached hydrogen (secondary N) is 3. The van der Waals surface area contributed by atoms with Crippen molar-refractivity contribution in [2.75, 3.05) is 24.2 Å². The zero-order valence-corrected chi connectivity index (χ0v) is 25.8. The van der Waals surface area contributed by atoms with Crippen molar-refractivity contribution in [3.63, 3.8) is 0 Å². The Kier molecular flexibility index (Phi) is 11.5. The Hall–Kier alpha value is -4.36. The van der Waals surface area contributed by atoms with E-state index in [-0.39, 0.29) is 41.4 Å². The molecule has 236 valence electrons. The first kappa shape index (κ1) is 34.1. The van der Waals surface area contributed by atoms with Gasteiger partial charge in [-0.1, -0.05) is 30.4 Å². The van der Waals surface area contributed by atoms with Gasteiger partial charge in [-0.25, -0.2) is 17.2 Å². The maximum atomic E-state index is 13.9. The van der Waals surface area contributed by atoms with E-state index >= 15 is 0 Å². The number of nitrogens with two attached hydrogens (primary N) is 1. The number of carbonyl (C=O) groups is 3. The van der Waals surface area contributed by atoms with Crippen LogP contribution in [0, 0.1) is 11.6 Å². The average molecular weight is 630 g/mol. The summed E-state index contributed by atoms with van der Waals surface area (Å²) < 4.78 is 53.4. The molecule has 3 rings (SSSR count). The Morgan fingerprint density at radius 2 is 1.55 bits per heavy atom. The number of benzene rings is 2. The number of rotatable bonds is 13. The molecule has 10 nitrogen and oxygen atoms in total. The molecule has 44 heavy (non-hydrogen) atoms. The van der Waals surface area contributed by atoms with Gasteiger partial charge in [0.15, 0.2) is 0 Å². The van der Waals surface area contributed by atoms with Gasteiger partial charge in [0.25, 0.3) is 11.8 Å². The van der Waals surface area contributed by atoms with Crippen molar-refractivity contribution in [1.82, 2.24) is 16.0 Å². The monoisotopic (exact) mass is 629 g/mol. The van der Waals surface area contributed by atoms with E-state index in [1.807, 2.05) is 37.3 Å². The highest BCUT2D eigenvalue weighted by atomic mass is 32.2. The summed E-state index contributed by atoms with van der Waals surface area (Å²) in [5, 5.41) is 8.54. The summed E-state index contributed by atoms with van der Waals surface area (Å²) in [6.07, 6.45) is 11.1. The third-order valence-electron chi connectivity index (χ3n) is 7.07. The van der Waals surface area contributed by atoms with Gasteiger partial charge in [-0.05, 0) is 68.2 Å². The van der Waals surface area contributed by atoms with E-state index in [0.29, 0.717) is 6.42 Å². The molecule has 0 saturated heterocycles. The zero-order chi connectivity index (χ0) is 32.6. The van der Waals surface area contributed by atoms with Crippen molar-refractivity contribution in [3.05, 3.63) is 101 Å².